The summed E-state index contributed by atoms with van der Waals surface area (Å²) < 4.78 is 24.9. The largest absolute Gasteiger partial charge is 0.496 e. The van der Waals surface area contributed by atoms with Crippen LogP contribution in [-0.2, 0) is 14.3 Å². The highest BCUT2D eigenvalue weighted by atomic mass is 32.2. The number of ketones is 1. The summed E-state index contributed by atoms with van der Waals surface area (Å²) in [7, 11) is 1.63. The quantitative estimate of drug-likeness (QED) is 0.386. The van der Waals surface area contributed by atoms with Gasteiger partial charge in [0, 0.05) is 41.0 Å². The van der Waals surface area contributed by atoms with Gasteiger partial charge < -0.3 is 14.8 Å². The molecule has 0 unspecified atom stereocenters. The van der Waals surface area contributed by atoms with Gasteiger partial charge >= 0.3 is 5.97 Å². The van der Waals surface area contributed by atoms with Gasteiger partial charge in [-0.3, -0.25) is 4.79 Å². The molecule has 0 bridgehead atoms. The Kier molecular flexibility index (Phi) is 7.96. The number of benzene rings is 2. The first-order valence-electron chi connectivity index (χ1n) is 11.8. The number of methoxy groups -OCH3 is 1. The van der Waals surface area contributed by atoms with Crippen molar-refractivity contribution in [1.29, 1.82) is 0 Å². The molecule has 2 aromatic rings. The van der Waals surface area contributed by atoms with Gasteiger partial charge in [0.15, 0.2) is 5.78 Å². The Hall–Kier alpha value is -3.06. The maximum atomic E-state index is 13.7. The number of rotatable bonds is 8. The van der Waals surface area contributed by atoms with Crippen LogP contribution in [0.1, 0.15) is 49.7 Å². The molecule has 2 aliphatic rings. The molecule has 2 atom stereocenters. The highest BCUT2D eigenvalue weighted by Gasteiger charge is 2.41. The summed E-state index contributed by atoms with van der Waals surface area (Å²) in [4.78, 5) is 26.9. The monoisotopic (exact) mass is 495 g/mol. The number of carbonyl (C=O) groups excluding carboxylic acids is 2. The SMILES string of the molecule is CCSCCOC(=O)C1=C(C)NC2=C(C(=O)C[C@@H](c3ccccc3OC)C2)[C@H]1c1ccc(F)cc1. The molecule has 0 spiro atoms. The number of esters is 1. The van der Waals surface area contributed by atoms with Crippen LogP contribution in [-0.4, -0.2) is 37.0 Å². The normalized spacial score (nSPS) is 19.8. The number of ether oxygens (including phenoxy) is 2. The summed E-state index contributed by atoms with van der Waals surface area (Å²) in [6.45, 7) is 4.17. The minimum atomic E-state index is -0.607. The van der Waals surface area contributed by atoms with Crippen LogP contribution >= 0.6 is 11.8 Å². The molecular weight excluding hydrogens is 465 g/mol. The minimum absolute atomic E-state index is 0.0386. The zero-order chi connectivity index (χ0) is 24.9. The highest BCUT2D eigenvalue weighted by molar-refractivity contribution is 7.99. The molecule has 0 aromatic heterocycles. The van der Waals surface area contributed by atoms with Crippen LogP contribution < -0.4 is 10.1 Å². The van der Waals surface area contributed by atoms with Crippen LogP contribution in [0.25, 0.3) is 0 Å². The summed E-state index contributed by atoms with van der Waals surface area (Å²) in [5.41, 5.74) is 4.08. The third-order valence-corrected chi connectivity index (χ3v) is 7.36. The van der Waals surface area contributed by atoms with E-state index >= 15 is 0 Å². The third kappa shape index (κ3) is 5.30. The van der Waals surface area contributed by atoms with Gasteiger partial charge in [-0.05, 0) is 48.4 Å². The van der Waals surface area contributed by atoms with Crippen molar-refractivity contribution in [3.05, 3.63) is 88.0 Å². The van der Waals surface area contributed by atoms with Crippen molar-refractivity contribution in [2.75, 3.05) is 25.2 Å². The van der Waals surface area contributed by atoms with Gasteiger partial charge in [-0.25, -0.2) is 9.18 Å². The molecule has 5 nitrogen and oxygen atoms in total. The number of hydrogen-bond acceptors (Lipinski definition) is 6. The lowest BCUT2D eigenvalue weighted by Gasteiger charge is -2.37. The standard InChI is InChI=1S/C28H30FNO4S/c1-4-35-14-13-34-28(32)25-17(2)30-22-15-19(21-7-5-6-8-24(21)33-3)16-23(31)27(22)26(25)18-9-11-20(29)12-10-18/h5-12,19,26,30H,4,13-16H2,1-3H3/t19-,26-/m0/s1. The van der Waals surface area contributed by atoms with Gasteiger partial charge in [0.05, 0.1) is 12.7 Å². The Morgan fingerprint density at radius 2 is 1.89 bits per heavy atom. The van der Waals surface area contributed by atoms with E-state index in [1.54, 1.807) is 31.0 Å². The summed E-state index contributed by atoms with van der Waals surface area (Å²) in [5.74, 6) is 0.880. The van der Waals surface area contributed by atoms with Crippen molar-refractivity contribution in [2.24, 2.45) is 0 Å². The fourth-order valence-corrected chi connectivity index (χ4v) is 5.43. The zero-order valence-corrected chi connectivity index (χ0v) is 21.0. The summed E-state index contributed by atoms with van der Waals surface area (Å²) in [5, 5.41) is 3.35. The van der Waals surface area contributed by atoms with Crippen LogP contribution in [0.5, 0.6) is 5.75 Å². The van der Waals surface area contributed by atoms with Crippen LogP contribution in [0.2, 0.25) is 0 Å². The van der Waals surface area contributed by atoms with Crippen molar-refractivity contribution in [3.63, 3.8) is 0 Å². The summed E-state index contributed by atoms with van der Waals surface area (Å²) >= 11 is 1.69. The molecule has 184 valence electrons. The van der Waals surface area contributed by atoms with Gasteiger partial charge in [-0.2, -0.15) is 11.8 Å². The Bertz CT molecular complexity index is 1170. The van der Waals surface area contributed by atoms with Gasteiger partial charge in [0.2, 0.25) is 0 Å². The lowest BCUT2D eigenvalue weighted by Crippen LogP contribution is -2.36. The van der Waals surface area contributed by atoms with Crippen molar-refractivity contribution in [3.8, 4) is 5.75 Å². The first kappa shape index (κ1) is 25.0. The lowest BCUT2D eigenvalue weighted by molar-refractivity contribution is -0.138. The fraction of sp³-hybridized carbons (Fsp3) is 0.357. The first-order valence-corrected chi connectivity index (χ1v) is 13.0. The van der Waals surface area contributed by atoms with E-state index in [1.807, 2.05) is 31.2 Å². The van der Waals surface area contributed by atoms with Crippen LogP contribution in [0.4, 0.5) is 4.39 Å². The number of thioether (sulfide) groups is 1. The van der Waals surface area contributed by atoms with Crippen molar-refractivity contribution in [2.45, 2.75) is 38.5 Å². The number of allylic oxidation sites excluding steroid dienone is 3. The molecular formula is C28H30FNO4S. The maximum Gasteiger partial charge on any atom is 0.336 e. The van der Waals surface area contributed by atoms with E-state index in [4.69, 9.17) is 9.47 Å². The molecule has 0 saturated carbocycles. The highest BCUT2D eigenvalue weighted by Crippen LogP contribution is 2.46. The lowest BCUT2D eigenvalue weighted by atomic mass is 9.71. The minimum Gasteiger partial charge on any atom is -0.496 e. The van der Waals surface area contributed by atoms with E-state index in [0.29, 0.717) is 47.6 Å². The molecule has 2 aromatic carbocycles. The number of Topliss-reactive ketones (excluding diaryl/α,β-unsaturated/α-hetero) is 1. The smallest absolute Gasteiger partial charge is 0.336 e. The Balaban J connectivity index is 1.72. The summed E-state index contributed by atoms with van der Waals surface area (Å²) in [6.07, 6.45) is 0.902. The van der Waals surface area contributed by atoms with Gasteiger partial charge in [-0.15, -0.1) is 0 Å². The van der Waals surface area contributed by atoms with Crippen molar-refractivity contribution < 1.29 is 23.5 Å². The second kappa shape index (κ2) is 11.1. The number of nitrogens with one attached hydrogen (secondary N) is 1. The Labute approximate surface area is 209 Å². The van der Waals surface area contributed by atoms with Gasteiger partial charge in [-0.1, -0.05) is 37.3 Å². The predicted molar refractivity (Wildman–Crippen MR) is 136 cm³/mol. The van der Waals surface area contributed by atoms with E-state index in [2.05, 4.69) is 12.2 Å². The number of para-hydroxylation sites is 1. The number of dihydropyridines is 1. The molecule has 7 heteroatoms. The van der Waals surface area contributed by atoms with Crippen LogP contribution in [0.3, 0.4) is 0 Å². The molecule has 0 saturated heterocycles. The topological polar surface area (TPSA) is 64.6 Å². The molecule has 1 N–H and O–H groups in total. The number of halogens is 1. The van der Waals surface area contributed by atoms with E-state index in [1.165, 1.54) is 12.1 Å². The summed E-state index contributed by atoms with van der Waals surface area (Å²) in [6, 6.07) is 13.7. The number of hydrogen-bond donors (Lipinski definition) is 1. The van der Waals surface area contributed by atoms with Crippen LogP contribution in [0.15, 0.2) is 71.1 Å². The van der Waals surface area contributed by atoms with Gasteiger partial charge in [0.25, 0.3) is 0 Å². The van der Waals surface area contributed by atoms with Crippen molar-refractivity contribution in [1.82, 2.24) is 5.32 Å². The molecule has 1 aliphatic carbocycles. The molecule has 0 fully saturated rings. The molecule has 1 aliphatic heterocycles. The van der Waals surface area contributed by atoms with Crippen molar-refractivity contribution >= 4 is 23.5 Å². The van der Waals surface area contributed by atoms with Gasteiger partial charge in [0.1, 0.15) is 18.2 Å². The average Bonchev–Trinajstić information content (AvgIpc) is 2.86. The maximum absolute atomic E-state index is 13.7. The predicted octanol–water partition coefficient (Wildman–Crippen LogP) is 5.49. The van der Waals surface area contributed by atoms with E-state index in [9.17, 15) is 14.0 Å². The second-order valence-corrected chi connectivity index (χ2v) is 10.0. The number of carbonyl (C=O) groups is 2. The molecule has 0 amide bonds. The molecule has 0 radical (unpaired) electrons. The molecule has 1 heterocycles. The van der Waals surface area contributed by atoms with Crippen LogP contribution in [0, 0.1) is 5.82 Å². The fourth-order valence-electron chi connectivity index (χ4n) is 4.94. The van der Waals surface area contributed by atoms with E-state index in [0.717, 1.165) is 22.8 Å². The first-order chi connectivity index (χ1) is 16.9. The third-order valence-electron chi connectivity index (χ3n) is 6.49. The Morgan fingerprint density at radius 1 is 1.14 bits per heavy atom. The average molecular weight is 496 g/mol. The molecule has 35 heavy (non-hydrogen) atoms. The Morgan fingerprint density at radius 3 is 2.60 bits per heavy atom. The second-order valence-electron chi connectivity index (χ2n) is 8.64. The molecule has 4 rings (SSSR count). The van der Waals surface area contributed by atoms with E-state index in [-0.39, 0.29) is 17.5 Å². The zero-order valence-electron chi connectivity index (χ0n) is 20.2. The van der Waals surface area contributed by atoms with E-state index < -0.39 is 11.9 Å².